The van der Waals surface area contributed by atoms with Gasteiger partial charge in [0.2, 0.25) is 0 Å². The van der Waals surface area contributed by atoms with Gasteiger partial charge in [-0.1, -0.05) is 11.2 Å². The van der Waals surface area contributed by atoms with E-state index in [-0.39, 0.29) is 29.9 Å². The van der Waals surface area contributed by atoms with Crippen molar-refractivity contribution in [2.75, 3.05) is 7.05 Å². The molecule has 122 valence electrons. The van der Waals surface area contributed by atoms with Gasteiger partial charge in [0.1, 0.15) is 5.82 Å². The summed E-state index contributed by atoms with van der Waals surface area (Å²) in [5, 5.41) is 6.60. The van der Waals surface area contributed by atoms with Gasteiger partial charge >= 0.3 is 6.18 Å². The van der Waals surface area contributed by atoms with E-state index in [2.05, 4.69) is 15.5 Å². The van der Waals surface area contributed by atoms with Gasteiger partial charge in [-0.15, -0.1) is 12.4 Å². The largest absolute Gasteiger partial charge is 0.419 e. The molecule has 0 aliphatic heterocycles. The average molecular weight is 340 g/mol. The van der Waals surface area contributed by atoms with E-state index in [4.69, 9.17) is 4.52 Å². The lowest BCUT2D eigenvalue weighted by molar-refractivity contribution is -0.139. The van der Waals surface area contributed by atoms with Crippen LogP contribution in [0.4, 0.5) is 17.6 Å². The van der Waals surface area contributed by atoms with Crippen molar-refractivity contribution in [1.82, 2.24) is 15.5 Å². The molecule has 1 atom stereocenters. The molecule has 1 heterocycles. The van der Waals surface area contributed by atoms with Crippen LogP contribution in [0.15, 0.2) is 22.7 Å². The minimum Gasteiger partial charge on any atom is -0.334 e. The Morgan fingerprint density at radius 3 is 2.59 bits per heavy atom. The van der Waals surface area contributed by atoms with E-state index in [0.29, 0.717) is 18.3 Å². The number of benzene rings is 1. The van der Waals surface area contributed by atoms with Crippen molar-refractivity contribution in [2.45, 2.75) is 25.6 Å². The Bertz CT molecular complexity index is 630. The van der Waals surface area contributed by atoms with E-state index in [9.17, 15) is 17.6 Å². The molecule has 4 nitrogen and oxygen atoms in total. The van der Waals surface area contributed by atoms with Gasteiger partial charge in [-0.05, 0) is 26.1 Å². The Balaban J connectivity index is 0.00000242. The van der Waals surface area contributed by atoms with E-state index < -0.39 is 17.6 Å². The molecule has 22 heavy (non-hydrogen) atoms. The lowest BCUT2D eigenvalue weighted by atomic mass is 10.1. The van der Waals surface area contributed by atoms with Crippen molar-refractivity contribution in [3.63, 3.8) is 0 Å². The highest BCUT2D eigenvalue weighted by Crippen LogP contribution is 2.35. The molecule has 0 fully saturated rings. The molecule has 0 saturated carbocycles. The van der Waals surface area contributed by atoms with Crippen molar-refractivity contribution in [2.24, 2.45) is 0 Å². The summed E-state index contributed by atoms with van der Waals surface area (Å²) in [6.45, 7) is 1.88. The van der Waals surface area contributed by atoms with Crippen LogP contribution in [0.1, 0.15) is 18.3 Å². The van der Waals surface area contributed by atoms with Crippen molar-refractivity contribution in [3.8, 4) is 11.5 Å². The molecule has 0 aliphatic rings. The lowest BCUT2D eigenvalue weighted by Crippen LogP contribution is -2.24. The standard InChI is InChI=1S/C13H13F4N3O.ClH/c1-7(18-2)6-10-19-12(21-20-10)8-4-3-5-9(11(8)14)13(15,16)17;/h3-5,7,18H,6H2,1-2H3;1H. The highest BCUT2D eigenvalue weighted by molar-refractivity contribution is 5.85. The van der Waals surface area contributed by atoms with Gasteiger partial charge in [0.15, 0.2) is 5.82 Å². The van der Waals surface area contributed by atoms with Crippen LogP contribution in [0.3, 0.4) is 0 Å². The summed E-state index contributed by atoms with van der Waals surface area (Å²) in [4.78, 5) is 3.93. The summed E-state index contributed by atoms with van der Waals surface area (Å²) in [5.74, 6) is -1.39. The topological polar surface area (TPSA) is 51.0 Å². The smallest absolute Gasteiger partial charge is 0.334 e. The minimum absolute atomic E-state index is 0. The number of rotatable bonds is 4. The number of halogens is 5. The van der Waals surface area contributed by atoms with E-state index in [1.165, 1.54) is 6.07 Å². The van der Waals surface area contributed by atoms with Crippen LogP contribution in [-0.2, 0) is 12.6 Å². The molecule has 9 heteroatoms. The fourth-order valence-corrected chi connectivity index (χ4v) is 1.74. The number of nitrogens with one attached hydrogen (secondary N) is 1. The number of nitrogens with zero attached hydrogens (tertiary/aromatic N) is 2. The number of alkyl halides is 3. The Kier molecular flexibility index (Phi) is 5.90. The van der Waals surface area contributed by atoms with Gasteiger partial charge in [0.05, 0.1) is 11.1 Å². The van der Waals surface area contributed by atoms with Crippen LogP contribution in [0.25, 0.3) is 11.5 Å². The summed E-state index contributed by atoms with van der Waals surface area (Å²) in [6, 6.07) is 2.99. The van der Waals surface area contributed by atoms with Crippen molar-refractivity contribution in [1.29, 1.82) is 0 Å². The maximum absolute atomic E-state index is 13.9. The summed E-state index contributed by atoms with van der Waals surface area (Å²) in [5.41, 5.74) is -1.72. The fourth-order valence-electron chi connectivity index (χ4n) is 1.74. The second kappa shape index (κ2) is 7.06. The molecular weight excluding hydrogens is 326 g/mol. The predicted octanol–water partition coefficient (Wildman–Crippen LogP) is 3.47. The third-order valence-corrected chi connectivity index (χ3v) is 2.98. The summed E-state index contributed by atoms with van der Waals surface area (Å²) in [6.07, 6.45) is -4.36. The molecule has 0 bridgehead atoms. The van der Waals surface area contributed by atoms with E-state index >= 15 is 0 Å². The van der Waals surface area contributed by atoms with E-state index in [0.717, 1.165) is 6.07 Å². The number of hydrogen-bond acceptors (Lipinski definition) is 4. The second-order valence-corrected chi connectivity index (χ2v) is 4.57. The zero-order valence-corrected chi connectivity index (χ0v) is 12.6. The highest BCUT2D eigenvalue weighted by atomic mass is 35.5. The monoisotopic (exact) mass is 339 g/mol. The van der Waals surface area contributed by atoms with Crippen LogP contribution in [0, 0.1) is 5.82 Å². The van der Waals surface area contributed by atoms with Gasteiger partial charge in [-0.25, -0.2) is 4.39 Å². The first-order valence-electron chi connectivity index (χ1n) is 6.19. The Hall–Kier alpha value is -1.67. The molecule has 1 unspecified atom stereocenters. The van der Waals surface area contributed by atoms with Gasteiger partial charge in [0, 0.05) is 12.5 Å². The number of likely N-dealkylation sites (N-methyl/N-ethyl adjacent to an activating group) is 1. The first-order chi connectivity index (χ1) is 9.82. The Labute approximate surface area is 130 Å². The van der Waals surface area contributed by atoms with Gasteiger partial charge in [-0.3, -0.25) is 0 Å². The molecular formula is C13H14ClF4N3O. The highest BCUT2D eigenvalue weighted by Gasteiger charge is 2.35. The molecule has 0 aliphatic carbocycles. The number of hydrogen-bond donors (Lipinski definition) is 1. The Morgan fingerprint density at radius 2 is 2.00 bits per heavy atom. The van der Waals surface area contributed by atoms with Crippen LogP contribution >= 0.6 is 12.4 Å². The average Bonchev–Trinajstić information content (AvgIpc) is 2.85. The zero-order chi connectivity index (χ0) is 15.6. The molecule has 0 amide bonds. The molecule has 0 spiro atoms. The SMILES string of the molecule is CNC(C)Cc1noc(-c2cccc(C(F)(F)F)c2F)n1.Cl. The van der Waals surface area contributed by atoms with Crippen LogP contribution in [0.5, 0.6) is 0 Å². The van der Waals surface area contributed by atoms with Crippen LogP contribution in [-0.4, -0.2) is 23.2 Å². The third kappa shape index (κ3) is 3.95. The molecule has 1 aromatic carbocycles. The molecule has 0 radical (unpaired) electrons. The van der Waals surface area contributed by atoms with Crippen molar-refractivity contribution >= 4 is 12.4 Å². The minimum atomic E-state index is -4.77. The van der Waals surface area contributed by atoms with Crippen molar-refractivity contribution < 1.29 is 22.1 Å². The lowest BCUT2D eigenvalue weighted by Gasteiger charge is -2.09. The molecule has 1 N–H and O–H groups in total. The van der Waals surface area contributed by atoms with Gasteiger partial charge in [0.25, 0.3) is 5.89 Å². The fraction of sp³-hybridized carbons (Fsp3) is 0.385. The second-order valence-electron chi connectivity index (χ2n) is 4.57. The molecule has 1 aromatic heterocycles. The molecule has 2 rings (SSSR count). The predicted molar refractivity (Wildman–Crippen MR) is 74.2 cm³/mol. The molecule has 2 aromatic rings. The van der Waals surface area contributed by atoms with Crippen LogP contribution in [0.2, 0.25) is 0 Å². The normalized spacial score (nSPS) is 12.8. The maximum Gasteiger partial charge on any atom is 0.419 e. The van der Waals surface area contributed by atoms with E-state index in [1.807, 2.05) is 6.92 Å². The quantitative estimate of drug-likeness (QED) is 0.867. The summed E-state index contributed by atoms with van der Waals surface area (Å²) < 4.78 is 56.7. The molecule has 0 saturated heterocycles. The van der Waals surface area contributed by atoms with Crippen LogP contribution < -0.4 is 5.32 Å². The maximum atomic E-state index is 13.9. The van der Waals surface area contributed by atoms with Crippen molar-refractivity contribution in [3.05, 3.63) is 35.4 Å². The third-order valence-electron chi connectivity index (χ3n) is 2.98. The van der Waals surface area contributed by atoms with Gasteiger partial charge < -0.3 is 9.84 Å². The van der Waals surface area contributed by atoms with Gasteiger partial charge in [-0.2, -0.15) is 18.2 Å². The zero-order valence-electron chi connectivity index (χ0n) is 11.7. The van der Waals surface area contributed by atoms with E-state index in [1.54, 1.807) is 7.05 Å². The Morgan fingerprint density at radius 1 is 1.32 bits per heavy atom. The summed E-state index contributed by atoms with van der Waals surface area (Å²) in [7, 11) is 1.75. The number of aromatic nitrogens is 2. The first kappa shape index (κ1) is 18.4. The summed E-state index contributed by atoms with van der Waals surface area (Å²) >= 11 is 0. The first-order valence-corrected chi connectivity index (χ1v) is 6.19.